The number of hydrogen-bond acceptors (Lipinski definition) is 7. The number of amides is 1. The molecule has 0 saturated heterocycles. The highest BCUT2D eigenvalue weighted by Crippen LogP contribution is 2.35. The molecule has 0 unspecified atom stereocenters. The van der Waals surface area contributed by atoms with E-state index in [9.17, 15) is 19.7 Å². The third-order valence-corrected chi connectivity index (χ3v) is 3.58. The first kappa shape index (κ1) is 18.5. The molecule has 1 aromatic carbocycles. The van der Waals surface area contributed by atoms with Crippen LogP contribution in [0.3, 0.4) is 0 Å². The molecule has 1 aliphatic carbocycles. The largest absolute Gasteiger partial charge is 0.493 e. The fourth-order valence-electron chi connectivity index (χ4n) is 2.12. The molecule has 1 aliphatic rings. The molecule has 1 aromatic rings. The quantitative estimate of drug-likeness (QED) is 0.431. The summed E-state index contributed by atoms with van der Waals surface area (Å²) >= 11 is 0. The molecule has 1 fully saturated rings. The van der Waals surface area contributed by atoms with E-state index < -0.39 is 28.6 Å². The number of nitro benzene ring substituents is 1. The van der Waals surface area contributed by atoms with Gasteiger partial charge in [0, 0.05) is 12.1 Å². The van der Waals surface area contributed by atoms with Crippen molar-refractivity contribution in [1.29, 1.82) is 0 Å². The van der Waals surface area contributed by atoms with Crippen molar-refractivity contribution < 1.29 is 28.7 Å². The van der Waals surface area contributed by atoms with Gasteiger partial charge in [-0.1, -0.05) is 0 Å². The third kappa shape index (κ3) is 4.59. The molecule has 2 rings (SSSR count). The normalized spacial score (nSPS) is 14.4. The van der Waals surface area contributed by atoms with Crippen molar-refractivity contribution in [1.82, 2.24) is 5.32 Å². The summed E-state index contributed by atoms with van der Waals surface area (Å²) in [5, 5.41) is 14.0. The Bertz CT molecular complexity index is 685. The van der Waals surface area contributed by atoms with Crippen molar-refractivity contribution in [3.63, 3.8) is 0 Å². The van der Waals surface area contributed by atoms with Crippen LogP contribution in [0.25, 0.3) is 0 Å². The lowest BCUT2D eigenvalue weighted by Crippen LogP contribution is -2.37. The average Bonchev–Trinajstić information content (AvgIpc) is 3.38. The van der Waals surface area contributed by atoms with Crippen LogP contribution < -0.4 is 14.8 Å². The van der Waals surface area contributed by atoms with Crippen LogP contribution in [0.4, 0.5) is 5.69 Å². The zero-order valence-corrected chi connectivity index (χ0v) is 14.2. The SMILES string of the molecule is CCOc1cc(C(=O)O[C@@H](C)C(=O)NC2CC2)c([N+](=O)[O-])cc1OC. The van der Waals surface area contributed by atoms with Crippen molar-refractivity contribution >= 4 is 17.6 Å². The number of benzene rings is 1. The van der Waals surface area contributed by atoms with Gasteiger partial charge in [0.15, 0.2) is 17.6 Å². The van der Waals surface area contributed by atoms with Gasteiger partial charge in [-0.25, -0.2) is 4.79 Å². The van der Waals surface area contributed by atoms with Gasteiger partial charge in [-0.2, -0.15) is 0 Å². The highest BCUT2D eigenvalue weighted by Gasteiger charge is 2.30. The minimum atomic E-state index is -1.06. The van der Waals surface area contributed by atoms with Gasteiger partial charge in [-0.05, 0) is 26.7 Å². The second-order valence-electron chi connectivity index (χ2n) is 5.54. The Hall–Kier alpha value is -2.84. The summed E-state index contributed by atoms with van der Waals surface area (Å²) in [5.74, 6) is -1.10. The minimum absolute atomic E-state index is 0.119. The predicted molar refractivity (Wildman–Crippen MR) is 86.9 cm³/mol. The zero-order valence-electron chi connectivity index (χ0n) is 14.2. The van der Waals surface area contributed by atoms with Crippen LogP contribution >= 0.6 is 0 Å². The second kappa shape index (κ2) is 7.82. The van der Waals surface area contributed by atoms with Crippen LogP contribution in [0, 0.1) is 10.1 Å². The van der Waals surface area contributed by atoms with Gasteiger partial charge in [-0.15, -0.1) is 0 Å². The number of rotatable bonds is 8. The van der Waals surface area contributed by atoms with Crippen molar-refractivity contribution in [2.24, 2.45) is 0 Å². The van der Waals surface area contributed by atoms with E-state index >= 15 is 0 Å². The smallest absolute Gasteiger partial charge is 0.346 e. The fourth-order valence-corrected chi connectivity index (χ4v) is 2.12. The number of carbonyl (C=O) groups excluding carboxylic acids is 2. The summed E-state index contributed by atoms with van der Waals surface area (Å²) in [4.78, 5) is 34.8. The number of nitrogens with one attached hydrogen (secondary N) is 1. The molecule has 1 amide bonds. The monoisotopic (exact) mass is 352 g/mol. The first-order valence-electron chi connectivity index (χ1n) is 7.88. The van der Waals surface area contributed by atoms with Gasteiger partial charge in [0.25, 0.3) is 11.6 Å². The van der Waals surface area contributed by atoms with Gasteiger partial charge >= 0.3 is 5.97 Å². The maximum atomic E-state index is 12.3. The van der Waals surface area contributed by atoms with Crippen molar-refractivity contribution in [2.75, 3.05) is 13.7 Å². The Morgan fingerprint density at radius 1 is 1.36 bits per heavy atom. The molecule has 1 N–H and O–H groups in total. The molecule has 9 nitrogen and oxygen atoms in total. The van der Waals surface area contributed by atoms with E-state index in [1.165, 1.54) is 20.1 Å². The number of methoxy groups -OCH3 is 1. The maximum absolute atomic E-state index is 12.3. The molecule has 0 heterocycles. The summed E-state index contributed by atoms with van der Waals surface area (Å²) in [6.07, 6.45) is 0.729. The van der Waals surface area contributed by atoms with Crippen LogP contribution in [-0.2, 0) is 9.53 Å². The van der Waals surface area contributed by atoms with E-state index in [4.69, 9.17) is 14.2 Å². The molecule has 1 atom stereocenters. The highest BCUT2D eigenvalue weighted by molar-refractivity contribution is 5.96. The number of carbonyl (C=O) groups is 2. The summed E-state index contributed by atoms with van der Waals surface area (Å²) in [6, 6.07) is 2.40. The minimum Gasteiger partial charge on any atom is -0.493 e. The Kier molecular flexibility index (Phi) is 5.79. The maximum Gasteiger partial charge on any atom is 0.346 e. The number of esters is 1. The summed E-state index contributed by atoms with van der Waals surface area (Å²) in [6.45, 7) is 3.42. The molecular formula is C16H20N2O7. The Labute approximate surface area is 144 Å². The molecule has 0 bridgehead atoms. The van der Waals surface area contributed by atoms with E-state index in [2.05, 4.69) is 5.32 Å². The molecule has 0 radical (unpaired) electrons. The second-order valence-corrected chi connectivity index (χ2v) is 5.54. The standard InChI is InChI=1S/C16H20N2O7/c1-4-24-14-7-11(12(18(21)22)8-13(14)23-3)16(20)25-9(2)15(19)17-10-5-6-10/h7-10H,4-6H2,1-3H3,(H,17,19)/t9-/m0/s1. The number of nitro groups is 1. The topological polar surface area (TPSA) is 117 Å². The molecular weight excluding hydrogens is 332 g/mol. The van der Waals surface area contributed by atoms with Crippen LogP contribution in [0.5, 0.6) is 11.5 Å². The van der Waals surface area contributed by atoms with Gasteiger partial charge < -0.3 is 19.5 Å². The summed E-state index contributed by atoms with van der Waals surface area (Å²) in [7, 11) is 1.34. The van der Waals surface area contributed by atoms with E-state index in [1.54, 1.807) is 6.92 Å². The lowest BCUT2D eigenvalue weighted by atomic mass is 10.1. The first-order chi connectivity index (χ1) is 11.9. The highest BCUT2D eigenvalue weighted by atomic mass is 16.6. The molecule has 0 aromatic heterocycles. The van der Waals surface area contributed by atoms with E-state index in [1.807, 2.05) is 0 Å². The Morgan fingerprint density at radius 2 is 2.04 bits per heavy atom. The molecule has 0 aliphatic heterocycles. The van der Waals surface area contributed by atoms with Gasteiger partial charge in [-0.3, -0.25) is 14.9 Å². The van der Waals surface area contributed by atoms with Crippen molar-refractivity contribution in [3.05, 3.63) is 27.8 Å². The van der Waals surface area contributed by atoms with Crippen LogP contribution in [-0.4, -0.2) is 42.7 Å². The van der Waals surface area contributed by atoms with Gasteiger partial charge in [0.05, 0.1) is 24.7 Å². The third-order valence-electron chi connectivity index (χ3n) is 3.58. The molecule has 9 heteroatoms. The molecule has 25 heavy (non-hydrogen) atoms. The molecule has 136 valence electrons. The van der Waals surface area contributed by atoms with Gasteiger partial charge in [0.2, 0.25) is 0 Å². The number of ether oxygens (including phenoxy) is 3. The summed E-state index contributed by atoms with van der Waals surface area (Å²) < 4.78 is 15.5. The van der Waals surface area contributed by atoms with E-state index in [-0.39, 0.29) is 29.7 Å². The van der Waals surface area contributed by atoms with Gasteiger partial charge in [0.1, 0.15) is 5.56 Å². The van der Waals surface area contributed by atoms with Crippen LogP contribution in [0.15, 0.2) is 12.1 Å². The number of nitrogens with zero attached hydrogens (tertiary/aromatic N) is 1. The lowest BCUT2D eigenvalue weighted by molar-refractivity contribution is -0.385. The van der Waals surface area contributed by atoms with Crippen LogP contribution in [0.1, 0.15) is 37.0 Å². The Morgan fingerprint density at radius 3 is 2.56 bits per heavy atom. The predicted octanol–water partition coefficient (Wildman–Crippen LogP) is 1.83. The molecule has 0 spiro atoms. The van der Waals surface area contributed by atoms with Crippen LogP contribution in [0.2, 0.25) is 0 Å². The van der Waals surface area contributed by atoms with Crippen molar-refractivity contribution in [3.8, 4) is 11.5 Å². The fraction of sp³-hybridized carbons (Fsp3) is 0.500. The molecule has 1 saturated carbocycles. The lowest BCUT2D eigenvalue weighted by Gasteiger charge is -2.15. The average molecular weight is 352 g/mol. The van der Waals surface area contributed by atoms with Crippen molar-refractivity contribution in [2.45, 2.75) is 38.8 Å². The Balaban J connectivity index is 2.24. The summed E-state index contributed by atoms with van der Waals surface area (Å²) in [5.41, 5.74) is -0.791. The van der Waals surface area contributed by atoms with E-state index in [0.29, 0.717) is 0 Å². The first-order valence-corrected chi connectivity index (χ1v) is 7.88. The number of hydrogen-bond donors (Lipinski definition) is 1. The van der Waals surface area contributed by atoms with E-state index in [0.717, 1.165) is 18.9 Å². The zero-order chi connectivity index (χ0) is 18.6.